The van der Waals surface area contributed by atoms with E-state index in [2.05, 4.69) is 15.8 Å². The Labute approximate surface area is 151 Å². The van der Waals surface area contributed by atoms with Gasteiger partial charge in [0.2, 0.25) is 0 Å². The third-order valence-corrected chi connectivity index (χ3v) is 3.72. The molecule has 2 amide bonds. The van der Waals surface area contributed by atoms with Gasteiger partial charge in [0.05, 0.1) is 6.21 Å². The molecule has 2 aromatic rings. The van der Waals surface area contributed by atoms with Crippen molar-refractivity contribution >= 4 is 29.6 Å². The van der Waals surface area contributed by atoms with E-state index in [0.29, 0.717) is 16.3 Å². The number of rotatable bonds is 6. The lowest BCUT2D eigenvalue weighted by atomic mass is 10.0. The van der Waals surface area contributed by atoms with Gasteiger partial charge in [-0.25, -0.2) is 5.43 Å². The topological polar surface area (TPSA) is 83.7 Å². The highest BCUT2D eigenvalue weighted by Crippen LogP contribution is 2.11. The lowest BCUT2D eigenvalue weighted by Crippen LogP contribution is -2.48. The molecule has 1 atom stereocenters. The zero-order valence-electron chi connectivity index (χ0n) is 14.2. The summed E-state index contributed by atoms with van der Waals surface area (Å²) in [7, 11) is 0. The Balaban J connectivity index is 1.99. The van der Waals surface area contributed by atoms with E-state index in [1.165, 1.54) is 6.21 Å². The maximum absolute atomic E-state index is 12.3. The molecule has 1 heterocycles. The van der Waals surface area contributed by atoms with Crippen molar-refractivity contribution in [2.75, 3.05) is 0 Å². The zero-order chi connectivity index (χ0) is 18.4. The van der Waals surface area contributed by atoms with Crippen molar-refractivity contribution in [1.82, 2.24) is 10.7 Å². The Bertz CT molecular complexity index is 766. The molecule has 2 rings (SSSR count). The molecule has 1 aromatic heterocycles. The SMILES string of the molecule is Cc1ccc(/C=N\NC(=O)C(NC(=O)c2ccc(Cl)cc2)C(C)C)o1. The summed E-state index contributed by atoms with van der Waals surface area (Å²) in [6.07, 6.45) is 1.41. The molecule has 0 saturated heterocycles. The number of hydrogen-bond donors (Lipinski definition) is 2. The normalized spacial score (nSPS) is 12.4. The summed E-state index contributed by atoms with van der Waals surface area (Å²) >= 11 is 5.81. The van der Waals surface area contributed by atoms with E-state index >= 15 is 0 Å². The summed E-state index contributed by atoms with van der Waals surface area (Å²) in [4.78, 5) is 24.6. The Morgan fingerprint density at radius 1 is 1.16 bits per heavy atom. The standard InChI is InChI=1S/C18H20ClN3O3/c1-11(2)16(21-17(23)13-5-7-14(19)8-6-13)18(24)22-20-10-15-9-4-12(3)25-15/h4-11,16H,1-3H3,(H,21,23)(H,22,24)/b20-10-. The lowest BCUT2D eigenvalue weighted by molar-refractivity contribution is -0.123. The Kier molecular flexibility index (Phi) is 6.36. The van der Waals surface area contributed by atoms with Crippen molar-refractivity contribution in [3.8, 4) is 0 Å². The van der Waals surface area contributed by atoms with Crippen LogP contribution in [0.5, 0.6) is 0 Å². The van der Waals surface area contributed by atoms with E-state index < -0.39 is 11.9 Å². The number of carbonyl (C=O) groups is 2. The van der Waals surface area contributed by atoms with Crippen LogP contribution in [0.25, 0.3) is 0 Å². The zero-order valence-corrected chi connectivity index (χ0v) is 15.0. The fraction of sp³-hybridized carbons (Fsp3) is 0.278. The van der Waals surface area contributed by atoms with Gasteiger partial charge in [-0.1, -0.05) is 25.4 Å². The molecule has 25 heavy (non-hydrogen) atoms. The van der Waals surface area contributed by atoms with Gasteiger partial charge in [-0.05, 0) is 49.2 Å². The Morgan fingerprint density at radius 3 is 2.40 bits per heavy atom. The van der Waals surface area contributed by atoms with Crippen LogP contribution in [0.4, 0.5) is 0 Å². The third kappa shape index (κ3) is 5.46. The van der Waals surface area contributed by atoms with Crippen molar-refractivity contribution in [2.24, 2.45) is 11.0 Å². The molecular weight excluding hydrogens is 342 g/mol. The van der Waals surface area contributed by atoms with Gasteiger partial charge in [-0.3, -0.25) is 9.59 Å². The minimum absolute atomic E-state index is 0.114. The molecule has 0 spiro atoms. The van der Waals surface area contributed by atoms with E-state index in [9.17, 15) is 9.59 Å². The van der Waals surface area contributed by atoms with Gasteiger partial charge in [0, 0.05) is 10.6 Å². The van der Waals surface area contributed by atoms with Gasteiger partial charge < -0.3 is 9.73 Å². The molecule has 0 radical (unpaired) electrons. The molecule has 1 unspecified atom stereocenters. The Hall–Kier alpha value is -2.60. The summed E-state index contributed by atoms with van der Waals surface area (Å²) in [6, 6.07) is 9.26. The maximum Gasteiger partial charge on any atom is 0.262 e. The molecule has 0 fully saturated rings. The first-order chi connectivity index (χ1) is 11.9. The number of nitrogens with one attached hydrogen (secondary N) is 2. The number of furan rings is 1. The van der Waals surface area contributed by atoms with Crippen molar-refractivity contribution in [3.05, 3.63) is 58.5 Å². The van der Waals surface area contributed by atoms with Gasteiger partial charge in [-0.2, -0.15) is 5.10 Å². The number of benzene rings is 1. The summed E-state index contributed by atoms with van der Waals surface area (Å²) in [5.41, 5.74) is 2.85. The van der Waals surface area contributed by atoms with Crippen LogP contribution in [0.1, 0.15) is 35.7 Å². The van der Waals surface area contributed by atoms with Gasteiger partial charge in [0.15, 0.2) is 0 Å². The first-order valence-corrected chi connectivity index (χ1v) is 8.20. The van der Waals surface area contributed by atoms with Gasteiger partial charge in [0.25, 0.3) is 11.8 Å². The summed E-state index contributed by atoms with van der Waals surface area (Å²) in [5, 5.41) is 7.12. The van der Waals surface area contributed by atoms with Crippen molar-refractivity contribution < 1.29 is 14.0 Å². The Morgan fingerprint density at radius 2 is 1.84 bits per heavy atom. The highest BCUT2D eigenvalue weighted by Gasteiger charge is 2.24. The fourth-order valence-corrected chi connectivity index (χ4v) is 2.24. The van der Waals surface area contributed by atoms with Crippen LogP contribution in [0.3, 0.4) is 0 Å². The predicted octanol–water partition coefficient (Wildman–Crippen LogP) is 3.15. The molecule has 0 bridgehead atoms. The molecule has 0 saturated carbocycles. The van der Waals surface area contributed by atoms with Crippen molar-refractivity contribution in [3.63, 3.8) is 0 Å². The van der Waals surface area contributed by atoms with E-state index in [1.807, 2.05) is 20.8 Å². The van der Waals surface area contributed by atoms with E-state index in [4.69, 9.17) is 16.0 Å². The number of nitrogens with zero attached hydrogens (tertiary/aromatic N) is 1. The van der Waals surface area contributed by atoms with Crippen LogP contribution in [-0.2, 0) is 4.79 Å². The average Bonchev–Trinajstić information content (AvgIpc) is 2.98. The minimum Gasteiger partial charge on any atom is -0.460 e. The minimum atomic E-state index is -0.723. The third-order valence-electron chi connectivity index (χ3n) is 3.47. The molecule has 132 valence electrons. The smallest absolute Gasteiger partial charge is 0.262 e. The second-order valence-electron chi connectivity index (χ2n) is 5.88. The van der Waals surface area contributed by atoms with Crippen LogP contribution in [0.15, 0.2) is 45.9 Å². The van der Waals surface area contributed by atoms with Gasteiger partial charge in [0.1, 0.15) is 17.6 Å². The van der Waals surface area contributed by atoms with E-state index in [-0.39, 0.29) is 11.8 Å². The summed E-state index contributed by atoms with van der Waals surface area (Å²) in [5.74, 6) is 0.414. The predicted molar refractivity (Wildman–Crippen MR) is 96.7 cm³/mol. The second kappa shape index (κ2) is 8.48. The number of hydrogen-bond acceptors (Lipinski definition) is 4. The molecule has 2 N–H and O–H groups in total. The molecule has 0 aliphatic heterocycles. The van der Waals surface area contributed by atoms with Crippen LogP contribution >= 0.6 is 11.6 Å². The van der Waals surface area contributed by atoms with Crippen LogP contribution < -0.4 is 10.7 Å². The highest BCUT2D eigenvalue weighted by molar-refractivity contribution is 6.30. The van der Waals surface area contributed by atoms with Crippen LogP contribution in [-0.4, -0.2) is 24.1 Å². The number of carbonyl (C=O) groups excluding carboxylic acids is 2. The molecule has 1 aromatic carbocycles. The molecule has 0 aliphatic carbocycles. The highest BCUT2D eigenvalue weighted by atomic mass is 35.5. The summed E-state index contributed by atoms with van der Waals surface area (Å²) in [6.45, 7) is 5.50. The largest absolute Gasteiger partial charge is 0.460 e. The molecule has 0 aliphatic rings. The molecular formula is C18H20ClN3O3. The quantitative estimate of drug-likeness (QED) is 0.612. The summed E-state index contributed by atoms with van der Waals surface area (Å²) < 4.78 is 5.32. The van der Waals surface area contributed by atoms with E-state index in [0.717, 1.165) is 5.76 Å². The number of amides is 2. The van der Waals surface area contributed by atoms with Crippen LogP contribution in [0.2, 0.25) is 5.02 Å². The lowest BCUT2D eigenvalue weighted by Gasteiger charge is -2.20. The number of aryl methyl sites for hydroxylation is 1. The fourth-order valence-electron chi connectivity index (χ4n) is 2.11. The second-order valence-corrected chi connectivity index (χ2v) is 6.32. The van der Waals surface area contributed by atoms with Crippen molar-refractivity contribution in [1.29, 1.82) is 0 Å². The first kappa shape index (κ1) is 18.7. The van der Waals surface area contributed by atoms with Gasteiger partial charge >= 0.3 is 0 Å². The van der Waals surface area contributed by atoms with Crippen molar-refractivity contribution in [2.45, 2.75) is 26.8 Å². The molecule has 6 nitrogen and oxygen atoms in total. The van der Waals surface area contributed by atoms with E-state index in [1.54, 1.807) is 36.4 Å². The number of halogens is 1. The van der Waals surface area contributed by atoms with Crippen LogP contribution in [0, 0.1) is 12.8 Å². The number of hydrazone groups is 1. The maximum atomic E-state index is 12.3. The molecule has 7 heteroatoms. The first-order valence-electron chi connectivity index (χ1n) is 7.82. The monoisotopic (exact) mass is 361 g/mol. The van der Waals surface area contributed by atoms with Gasteiger partial charge in [-0.15, -0.1) is 0 Å². The average molecular weight is 362 g/mol.